The molecule has 0 saturated heterocycles. The fourth-order valence-electron chi connectivity index (χ4n) is 1.81. The summed E-state index contributed by atoms with van der Waals surface area (Å²) >= 11 is 0. The van der Waals surface area contributed by atoms with Gasteiger partial charge in [0.15, 0.2) is 0 Å². The molecule has 2 atom stereocenters. The summed E-state index contributed by atoms with van der Waals surface area (Å²) in [6, 6.07) is 8.69. The van der Waals surface area contributed by atoms with Gasteiger partial charge < -0.3 is 10.1 Å². The quantitative estimate of drug-likeness (QED) is 0.703. The Morgan fingerprint density at radius 2 is 2.15 bits per heavy atom. The zero-order chi connectivity index (χ0) is 9.26. The second kappa shape index (κ2) is 3.38. The number of para-hydroxylation sites is 1. The second-order valence-corrected chi connectivity index (χ2v) is 3.53. The van der Waals surface area contributed by atoms with Crippen molar-refractivity contribution in [3.63, 3.8) is 0 Å². The summed E-state index contributed by atoms with van der Waals surface area (Å²) in [5.74, 6) is 1.04. The lowest BCUT2D eigenvalue weighted by Crippen LogP contribution is -2.43. The fourth-order valence-corrected chi connectivity index (χ4v) is 1.81. The molecule has 0 aromatic heterocycles. The maximum atomic E-state index is 5.77. The van der Waals surface area contributed by atoms with E-state index in [1.54, 1.807) is 0 Å². The van der Waals surface area contributed by atoms with Crippen molar-refractivity contribution in [1.82, 2.24) is 5.32 Å². The molecule has 1 aliphatic rings. The number of ether oxygens (including phenoxy) is 1. The van der Waals surface area contributed by atoms with Gasteiger partial charge in [0.1, 0.15) is 11.9 Å². The fraction of sp³-hybridized carbons (Fsp3) is 0.455. The Morgan fingerprint density at radius 1 is 1.38 bits per heavy atom. The average Bonchev–Trinajstić information content (AvgIpc) is 2.17. The summed E-state index contributed by atoms with van der Waals surface area (Å²) < 4.78 is 5.77. The molecule has 0 amide bonds. The van der Waals surface area contributed by atoms with Crippen LogP contribution in [0.1, 0.15) is 12.5 Å². The smallest absolute Gasteiger partial charge is 0.123 e. The van der Waals surface area contributed by atoms with Crippen LogP contribution in [-0.2, 0) is 6.42 Å². The molecule has 0 aliphatic carbocycles. The van der Waals surface area contributed by atoms with Crippen molar-refractivity contribution < 1.29 is 4.74 Å². The zero-order valence-corrected chi connectivity index (χ0v) is 8.08. The predicted molar refractivity (Wildman–Crippen MR) is 53.1 cm³/mol. The van der Waals surface area contributed by atoms with Gasteiger partial charge in [0.25, 0.3) is 0 Å². The molecule has 1 aromatic rings. The SMILES string of the molecule is CN[C@@H]1Cc2ccccc2O[C@H]1C. The first-order valence-electron chi connectivity index (χ1n) is 4.73. The van der Waals surface area contributed by atoms with Gasteiger partial charge in [-0.2, -0.15) is 0 Å². The van der Waals surface area contributed by atoms with E-state index >= 15 is 0 Å². The molecule has 2 heteroatoms. The molecule has 13 heavy (non-hydrogen) atoms. The first-order chi connectivity index (χ1) is 6.31. The van der Waals surface area contributed by atoms with E-state index in [2.05, 4.69) is 24.4 Å². The molecule has 1 aliphatic heterocycles. The van der Waals surface area contributed by atoms with Crippen molar-refractivity contribution >= 4 is 0 Å². The average molecular weight is 177 g/mol. The highest BCUT2D eigenvalue weighted by molar-refractivity contribution is 5.36. The van der Waals surface area contributed by atoms with Gasteiger partial charge in [-0.25, -0.2) is 0 Å². The van der Waals surface area contributed by atoms with Crippen LogP contribution in [0.2, 0.25) is 0 Å². The summed E-state index contributed by atoms with van der Waals surface area (Å²) in [5.41, 5.74) is 1.31. The molecule has 2 rings (SSSR count). The largest absolute Gasteiger partial charge is 0.489 e. The summed E-state index contributed by atoms with van der Waals surface area (Å²) in [6.07, 6.45) is 1.33. The predicted octanol–water partition coefficient (Wildman–Crippen LogP) is 1.60. The minimum atomic E-state index is 0.264. The standard InChI is InChI=1S/C11H15NO/c1-8-10(12-2)7-9-5-3-4-6-11(9)13-8/h3-6,8,10,12H,7H2,1-2H3/t8-,10+/m0/s1. The monoisotopic (exact) mass is 177 g/mol. The normalized spacial score (nSPS) is 26.3. The Kier molecular flexibility index (Phi) is 2.23. The van der Waals surface area contributed by atoms with E-state index in [1.165, 1.54) is 5.56 Å². The number of benzene rings is 1. The third-order valence-corrected chi connectivity index (χ3v) is 2.66. The lowest BCUT2D eigenvalue weighted by molar-refractivity contribution is 0.154. The number of rotatable bonds is 1. The van der Waals surface area contributed by atoms with Gasteiger partial charge in [0.05, 0.1) is 0 Å². The number of hydrogen-bond acceptors (Lipinski definition) is 2. The van der Waals surface area contributed by atoms with Crippen LogP contribution in [-0.4, -0.2) is 19.2 Å². The van der Waals surface area contributed by atoms with Crippen LogP contribution in [0.4, 0.5) is 0 Å². The Bertz CT molecular complexity index is 298. The highest BCUT2D eigenvalue weighted by Crippen LogP contribution is 2.26. The van der Waals surface area contributed by atoms with E-state index in [1.807, 2.05) is 19.2 Å². The molecule has 0 unspecified atom stereocenters. The molecule has 0 bridgehead atoms. The van der Waals surface area contributed by atoms with E-state index in [0.717, 1.165) is 12.2 Å². The van der Waals surface area contributed by atoms with Gasteiger partial charge >= 0.3 is 0 Å². The van der Waals surface area contributed by atoms with Gasteiger partial charge in [-0.05, 0) is 32.0 Å². The van der Waals surface area contributed by atoms with Gasteiger partial charge in [-0.3, -0.25) is 0 Å². The summed E-state index contributed by atoms with van der Waals surface area (Å²) in [7, 11) is 1.98. The minimum absolute atomic E-state index is 0.264. The maximum absolute atomic E-state index is 5.77. The summed E-state index contributed by atoms with van der Waals surface area (Å²) in [5, 5.41) is 3.27. The van der Waals surface area contributed by atoms with Crippen LogP contribution in [0.3, 0.4) is 0 Å². The Balaban J connectivity index is 2.27. The van der Waals surface area contributed by atoms with E-state index in [4.69, 9.17) is 4.74 Å². The Labute approximate surface area is 78.9 Å². The maximum Gasteiger partial charge on any atom is 0.123 e. The van der Waals surface area contributed by atoms with Crippen molar-refractivity contribution in [1.29, 1.82) is 0 Å². The molecular weight excluding hydrogens is 162 g/mol. The summed E-state index contributed by atoms with van der Waals surface area (Å²) in [6.45, 7) is 2.11. The topological polar surface area (TPSA) is 21.3 Å². The highest BCUT2D eigenvalue weighted by Gasteiger charge is 2.24. The van der Waals surface area contributed by atoms with Gasteiger partial charge in [0.2, 0.25) is 0 Å². The van der Waals surface area contributed by atoms with Gasteiger partial charge in [-0.1, -0.05) is 18.2 Å². The van der Waals surface area contributed by atoms with Crippen molar-refractivity contribution in [2.24, 2.45) is 0 Å². The second-order valence-electron chi connectivity index (χ2n) is 3.53. The van der Waals surface area contributed by atoms with Gasteiger partial charge in [-0.15, -0.1) is 0 Å². The van der Waals surface area contributed by atoms with Crippen LogP contribution in [0.15, 0.2) is 24.3 Å². The highest BCUT2D eigenvalue weighted by atomic mass is 16.5. The molecular formula is C11H15NO. The van der Waals surface area contributed by atoms with E-state index in [9.17, 15) is 0 Å². The van der Waals surface area contributed by atoms with E-state index in [0.29, 0.717) is 6.04 Å². The number of nitrogens with one attached hydrogen (secondary N) is 1. The van der Waals surface area contributed by atoms with E-state index < -0.39 is 0 Å². The Hall–Kier alpha value is -1.02. The molecule has 0 spiro atoms. The first-order valence-corrected chi connectivity index (χ1v) is 4.73. The van der Waals surface area contributed by atoms with Crippen molar-refractivity contribution in [3.05, 3.63) is 29.8 Å². The third kappa shape index (κ3) is 1.54. The van der Waals surface area contributed by atoms with Crippen LogP contribution in [0.25, 0.3) is 0 Å². The molecule has 1 N–H and O–H groups in total. The molecule has 2 nitrogen and oxygen atoms in total. The number of fused-ring (bicyclic) bond motifs is 1. The molecule has 0 radical (unpaired) electrons. The zero-order valence-electron chi connectivity index (χ0n) is 8.08. The van der Waals surface area contributed by atoms with Crippen LogP contribution >= 0.6 is 0 Å². The third-order valence-electron chi connectivity index (χ3n) is 2.66. The summed E-state index contributed by atoms with van der Waals surface area (Å²) in [4.78, 5) is 0. The van der Waals surface area contributed by atoms with E-state index in [-0.39, 0.29) is 6.10 Å². The number of likely N-dealkylation sites (N-methyl/N-ethyl adjacent to an activating group) is 1. The molecule has 1 heterocycles. The van der Waals surface area contributed by atoms with Crippen LogP contribution in [0.5, 0.6) is 5.75 Å². The van der Waals surface area contributed by atoms with Crippen LogP contribution in [0, 0.1) is 0 Å². The molecule has 0 saturated carbocycles. The molecule has 70 valence electrons. The van der Waals surface area contributed by atoms with Crippen LogP contribution < -0.4 is 10.1 Å². The lowest BCUT2D eigenvalue weighted by Gasteiger charge is -2.31. The number of hydrogen-bond donors (Lipinski definition) is 1. The van der Waals surface area contributed by atoms with Gasteiger partial charge in [0, 0.05) is 6.04 Å². The van der Waals surface area contributed by atoms with Crippen molar-refractivity contribution in [2.75, 3.05) is 7.05 Å². The minimum Gasteiger partial charge on any atom is -0.489 e. The molecule has 1 aromatic carbocycles. The Morgan fingerprint density at radius 3 is 2.92 bits per heavy atom. The molecule has 0 fully saturated rings. The lowest BCUT2D eigenvalue weighted by atomic mass is 9.98. The first kappa shape index (κ1) is 8.57. The van der Waals surface area contributed by atoms with Crippen molar-refractivity contribution in [3.8, 4) is 5.75 Å². The van der Waals surface area contributed by atoms with Crippen molar-refractivity contribution in [2.45, 2.75) is 25.5 Å².